The largest absolute Gasteiger partial charge is 0.341 e. The molecule has 0 saturated heterocycles. The number of nitrogens with one attached hydrogen (secondary N) is 3. The molecular weight excluding hydrogens is 132 g/mol. The van der Waals surface area contributed by atoms with Crippen molar-refractivity contribution in [2.45, 2.75) is 0 Å². The maximum atomic E-state index is 10.6. The SMILES string of the molecule is CNC(=O)Nc1cn[nH]c1. The fourth-order valence-corrected chi connectivity index (χ4v) is 0.513. The van der Waals surface area contributed by atoms with Gasteiger partial charge in [-0.2, -0.15) is 5.10 Å². The van der Waals surface area contributed by atoms with Gasteiger partial charge in [0.1, 0.15) is 0 Å². The Labute approximate surface area is 57.8 Å². The average molecular weight is 140 g/mol. The quantitative estimate of drug-likeness (QED) is 0.520. The second-order valence-corrected chi connectivity index (χ2v) is 1.69. The van der Waals surface area contributed by atoms with Gasteiger partial charge in [0, 0.05) is 13.2 Å². The van der Waals surface area contributed by atoms with Gasteiger partial charge in [0.25, 0.3) is 0 Å². The van der Waals surface area contributed by atoms with Gasteiger partial charge in [-0.25, -0.2) is 4.79 Å². The Bertz CT molecular complexity index is 205. The lowest BCUT2D eigenvalue weighted by Crippen LogP contribution is -2.24. The van der Waals surface area contributed by atoms with Gasteiger partial charge in [0.2, 0.25) is 0 Å². The van der Waals surface area contributed by atoms with Crippen molar-refractivity contribution in [1.82, 2.24) is 15.5 Å². The molecule has 1 aromatic rings. The van der Waals surface area contributed by atoms with Crippen molar-refractivity contribution in [2.24, 2.45) is 0 Å². The van der Waals surface area contributed by atoms with E-state index in [1.807, 2.05) is 0 Å². The summed E-state index contributed by atoms with van der Waals surface area (Å²) in [6, 6.07) is -0.249. The van der Waals surface area contributed by atoms with Crippen LogP contribution in [0.5, 0.6) is 0 Å². The highest BCUT2D eigenvalue weighted by molar-refractivity contribution is 5.88. The number of urea groups is 1. The number of nitrogens with zero attached hydrogens (tertiary/aromatic N) is 1. The first kappa shape index (κ1) is 6.60. The van der Waals surface area contributed by atoms with Crippen LogP contribution >= 0.6 is 0 Å². The van der Waals surface area contributed by atoms with E-state index >= 15 is 0 Å². The van der Waals surface area contributed by atoms with E-state index in [-0.39, 0.29) is 6.03 Å². The summed E-state index contributed by atoms with van der Waals surface area (Å²) in [4.78, 5) is 10.6. The van der Waals surface area contributed by atoms with Crippen molar-refractivity contribution >= 4 is 11.7 Å². The van der Waals surface area contributed by atoms with Crippen LogP contribution in [-0.2, 0) is 0 Å². The minimum Gasteiger partial charge on any atom is -0.341 e. The number of amides is 2. The molecule has 1 heterocycles. The van der Waals surface area contributed by atoms with Gasteiger partial charge in [0.05, 0.1) is 11.9 Å². The van der Waals surface area contributed by atoms with Gasteiger partial charge in [-0.1, -0.05) is 0 Å². The Kier molecular flexibility index (Phi) is 1.89. The zero-order valence-electron chi connectivity index (χ0n) is 5.51. The van der Waals surface area contributed by atoms with Gasteiger partial charge in [-0.05, 0) is 0 Å². The van der Waals surface area contributed by atoms with Crippen LogP contribution in [0.3, 0.4) is 0 Å². The minimum atomic E-state index is -0.249. The van der Waals surface area contributed by atoms with Crippen LogP contribution in [0.4, 0.5) is 10.5 Å². The fraction of sp³-hybridized carbons (Fsp3) is 0.200. The van der Waals surface area contributed by atoms with E-state index in [0.29, 0.717) is 5.69 Å². The van der Waals surface area contributed by atoms with Crippen LogP contribution in [0.2, 0.25) is 0 Å². The molecule has 3 N–H and O–H groups in total. The predicted octanol–water partition coefficient (Wildman–Crippen LogP) is 0.161. The average Bonchev–Trinajstić information content (AvgIpc) is 2.40. The van der Waals surface area contributed by atoms with Crippen LogP contribution in [0.1, 0.15) is 0 Å². The first-order valence-electron chi connectivity index (χ1n) is 2.80. The highest BCUT2D eigenvalue weighted by Crippen LogP contribution is 1.98. The summed E-state index contributed by atoms with van der Waals surface area (Å²) in [5.74, 6) is 0. The van der Waals surface area contributed by atoms with Crippen LogP contribution < -0.4 is 10.6 Å². The molecule has 5 nitrogen and oxygen atoms in total. The molecule has 0 aromatic carbocycles. The molecule has 0 fully saturated rings. The summed E-state index contributed by atoms with van der Waals surface area (Å²) in [5.41, 5.74) is 0.652. The lowest BCUT2D eigenvalue weighted by molar-refractivity contribution is 0.254. The molecule has 2 amide bonds. The smallest absolute Gasteiger partial charge is 0.319 e. The molecule has 1 rings (SSSR count). The molecule has 0 atom stereocenters. The number of carbonyl (C=O) groups is 1. The molecule has 0 aliphatic rings. The first-order chi connectivity index (χ1) is 4.83. The molecule has 0 radical (unpaired) electrons. The number of aromatic nitrogens is 2. The molecule has 0 unspecified atom stereocenters. The molecule has 0 aliphatic heterocycles. The van der Waals surface area contributed by atoms with Crippen LogP contribution in [0, 0.1) is 0 Å². The molecule has 0 spiro atoms. The minimum absolute atomic E-state index is 0.249. The number of aromatic amines is 1. The third kappa shape index (κ3) is 1.48. The van der Waals surface area contributed by atoms with Gasteiger partial charge in [0.15, 0.2) is 0 Å². The third-order valence-electron chi connectivity index (χ3n) is 0.983. The molecular formula is C5H8N4O. The number of anilines is 1. The third-order valence-corrected chi connectivity index (χ3v) is 0.983. The summed E-state index contributed by atoms with van der Waals surface area (Å²) in [5, 5.41) is 11.1. The molecule has 5 heteroatoms. The van der Waals surface area contributed by atoms with Crippen molar-refractivity contribution < 1.29 is 4.79 Å². The fourth-order valence-electron chi connectivity index (χ4n) is 0.513. The highest BCUT2D eigenvalue weighted by Gasteiger charge is 1.96. The van der Waals surface area contributed by atoms with Crippen molar-refractivity contribution in [2.75, 3.05) is 12.4 Å². The van der Waals surface area contributed by atoms with Gasteiger partial charge in [-0.3, -0.25) is 5.10 Å². The van der Waals surface area contributed by atoms with E-state index in [0.717, 1.165) is 0 Å². The van der Waals surface area contributed by atoms with Crippen molar-refractivity contribution in [3.05, 3.63) is 12.4 Å². The Morgan fingerprint density at radius 2 is 2.60 bits per heavy atom. The Hall–Kier alpha value is -1.52. The second-order valence-electron chi connectivity index (χ2n) is 1.69. The molecule has 1 aromatic heterocycles. The van der Waals surface area contributed by atoms with Crippen molar-refractivity contribution in [3.63, 3.8) is 0 Å². The van der Waals surface area contributed by atoms with Gasteiger partial charge in [-0.15, -0.1) is 0 Å². The molecule has 54 valence electrons. The molecule has 0 saturated carbocycles. The number of rotatable bonds is 1. The summed E-state index contributed by atoms with van der Waals surface area (Å²) in [6.07, 6.45) is 3.12. The molecule has 10 heavy (non-hydrogen) atoms. The maximum absolute atomic E-state index is 10.6. The molecule has 0 aliphatic carbocycles. The number of hydrogen-bond donors (Lipinski definition) is 3. The number of H-pyrrole nitrogens is 1. The number of hydrogen-bond acceptors (Lipinski definition) is 2. The topological polar surface area (TPSA) is 69.8 Å². The summed E-state index contributed by atoms with van der Waals surface area (Å²) in [7, 11) is 1.55. The second kappa shape index (κ2) is 2.86. The standard InChI is InChI=1S/C5H8N4O/c1-6-5(10)9-4-2-7-8-3-4/h2-3H,1H3,(H,7,8)(H2,6,9,10). The van der Waals surface area contributed by atoms with Crippen LogP contribution in [-0.4, -0.2) is 23.3 Å². The maximum Gasteiger partial charge on any atom is 0.319 e. The lowest BCUT2D eigenvalue weighted by atomic mass is 10.6. The van der Waals surface area contributed by atoms with E-state index in [4.69, 9.17) is 0 Å². The van der Waals surface area contributed by atoms with Crippen molar-refractivity contribution in [3.8, 4) is 0 Å². The normalized spacial score (nSPS) is 8.90. The van der Waals surface area contributed by atoms with E-state index < -0.39 is 0 Å². The Balaban J connectivity index is 2.48. The van der Waals surface area contributed by atoms with E-state index in [9.17, 15) is 4.79 Å². The molecule has 0 bridgehead atoms. The summed E-state index contributed by atoms with van der Waals surface area (Å²) in [6.45, 7) is 0. The highest BCUT2D eigenvalue weighted by atomic mass is 16.2. The van der Waals surface area contributed by atoms with Crippen LogP contribution in [0.25, 0.3) is 0 Å². The van der Waals surface area contributed by atoms with E-state index in [1.54, 1.807) is 13.2 Å². The van der Waals surface area contributed by atoms with Crippen molar-refractivity contribution in [1.29, 1.82) is 0 Å². The van der Waals surface area contributed by atoms with Crippen LogP contribution in [0.15, 0.2) is 12.4 Å². The zero-order chi connectivity index (χ0) is 7.40. The van der Waals surface area contributed by atoms with Gasteiger partial charge >= 0.3 is 6.03 Å². The lowest BCUT2D eigenvalue weighted by Gasteiger charge is -1.97. The summed E-state index contributed by atoms with van der Waals surface area (Å²) >= 11 is 0. The zero-order valence-corrected chi connectivity index (χ0v) is 5.51. The Morgan fingerprint density at radius 1 is 1.80 bits per heavy atom. The van der Waals surface area contributed by atoms with E-state index in [2.05, 4.69) is 20.8 Å². The monoisotopic (exact) mass is 140 g/mol. The van der Waals surface area contributed by atoms with Gasteiger partial charge < -0.3 is 10.6 Å². The predicted molar refractivity (Wildman–Crippen MR) is 36.7 cm³/mol. The van der Waals surface area contributed by atoms with E-state index in [1.165, 1.54) is 6.20 Å². The number of carbonyl (C=O) groups excluding carboxylic acids is 1. The first-order valence-corrected chi connectivity index (χ1v) is 2.80. The Morgan fingerprint density at radius 3 is 3.10 bits per heavy atom. The summed E-state index contributed by atoms with van der Waals surface area (Å²) < 4.78 is 0.